The second kappa shape index (κ2) is 9.29. The van der Waals surface area contributed by atoms with E-state index in [-0.39, 0.29) is 29.5 Å². The average Bonchev–Trinajstić information content (AvgIpc) is 2.72. The van der Waals surface area contributed by atoms with Gasteiger partial charge in [0.25, 0.3) is 0 Å². The molecule has 1 amide bonds. The van der Waals surface area contributed by atoms with Crippen molar-refractivity contribution in [2.45, 2.75) is 30.9 Å². The molecule has 1 aromatic carbocycles. The zero-order chi connectivity index (χ0) is 18.4. The van der Waals surface area contributed by atoms with Crippen LogP contribution in [0.4, 0.5) is 5.69 Å². The van der Waals surface area contributed by atoms with Crippen LogP contribution >= 0.6 is 12.6 Å². The van der Waals surface area contributed by atoms with Gasteiger partial charge in [-0.2, -0.15) is 17.9 Å². The first-order valence-corrected chi connectivity index (χ1v) is 9.97. The summed E-state index contributed by atoms with van der Waals surface area (Å²) in [6, 6.07) is 10.6. The number of carbonyl (C=O) groups excluding carboxylic acids is 1. The summed E-state index contributed by atoms with van der Waals surface area (Å²) in [4.78, 5) is 14.8. The first-order valence-electron chi connectivity index (χ1n) is 9.46. The van der Waals surface area contributed by atoms with Gasteiger partial charge in [0, 0.05) is 29.9 Å². The van der Waals surface area contributed by atoms with E-state index in [4.69, 9.17) is 22.6 Å². The van der Waals surface area contributed by atoms with Crippen LogP contribution in [0.2, 0.25) is 0 Å². The minimum absolute atomic E-state index is 0.000219. The molecule has 1 aromatic rings. The van der Waals surface area contributed by atoms with Crippen molar-refractivity contribution < 1.29 is 9.53 Å². The van der Waals surface area contributed by atoms with Crippen molar-refractivity contribution in [2.75, 3.05) is 37.7 Å². The van der Waals surface area contributed by atoms with Crippen molar-refractivity contribution in [2.24, 2.45) is 11.8 Å². The molecule has 1 saturated heterocycles. The molecule has 0 aromatic heterocycles. The smallest absolute Gasteiger partial charge is 0.224 e. The Bertz CT molecular complexity index is 637. The first-order chi connectivity index (χ1) is 12.7. The molecule has 1 N–H and O–H groups in total. The molecule has 1 aliphatic carbocycles. The van der Waals surface area contributed by atoms with E-state index in [1.54, 1.807) is 0 Å². The number of anilines is 1. The number of morpholine rings is 1. The molecule has 5 nitrogen and oxygen atoms in total. The fraction of sp³-hybridized carbons (Fsp3) is 0.600. The van der Waals surface area contributed by atoms with Gasteiger partial charge in [-0.3, -0.25) is 4.79 Å². The topological polar surface area (TPSA) is 65.4 Å². The Morgan fingerprint density at radius 2 is 1.96 bits per heavy atom. The quantitative estimate of drug-likeness (QED) is 0.615. The molecule has 2 fully saturated rings. The SMILES string of the molecule is N#CCNC(=O)[C@H]1CCCC[C@@H]1C(S)c1ccc(N2CCOCC2)cc1. The van der Waals surface area contributed by atoms with E-state index >= 15 is 0 Å². The third-order valence-corrected chi connectivity index (χ3v) is 6.20. The van der Waals surface area contributed by atoms with Crippen LogP contribution in [-0.2, 0) is 9.53 Å². The molecule has 1 unspecified atom stereocenters. The van der Waals surface area contributed by atoms with Crippen molar-refractivity contribution >= 4 is 24.2 Å². The summed E-state index contributed by atoms with van der Waals surface area (Å²) in [5, 5.41) is 11.5. The average molecular weight is 374 g/mol. The molecule has 1 aliphatic heterocycles. The number of hydrogen-bond donors (Lipinski definition) is 2. The second-order valence-electron chi connectivity index (χ2n) is 7.07. The Hall–Kier alpha value is -1.71. The number of rotatable bonds is 5. The normalized spacial score (nSPS) is 24.5. The van der Waals surface area contributed by atoms with Crippen LogP contribution < -0.4 is 10.2 Å². The van der Waals surface area contributed by atoms with Crippen molar-refractivity contribution in [3.05, 3.63) is 29.8 Å². The predicted octanol–water partition coefficient (Wildman–Crippen LogP) is 2.94. The Balaban J connectivity index is 1.68. The lowest BCUT2D eigenvalue weighted by Gasteiger charge is -2.34. The number of benzene rings is 1. The molecule has 1 saturated carbocycles. The molecular weight excluding hydrogens is 346 g/mol. The molecule has 6 heteroatoms. The Labute approximate surface area is 161 Å². The van der Waals surface area contributed by atoms with E-state index in [2.05, 4.69) is 34.5 Å². The Kier molecular flexibility index (Phi) is 6.81. The van der Waals surface area contributed by atoms with Gasteiger partial charge in [-0.25, -0.2) is 0 Å². The minimum Gasteiger partial charge on any atom is -0.378 e. The maximum atomic E-state index is 12.4. The largest absolute Gasteiger partial charge is 0.378 e. The van der Waals surface area contributed by atoms with E-state index < -0.39 is 0 Å². The van der Waals surface area contributed by atoms with Crippen LogP contribution in [-0.4, -0.2) is 38.8 Å². The van der Waals surface area contributed by atoms with E-state index in [0.717, 1.165) is 57.6 Å². The predicted molar refractivity (Wildman–Crippen MR) is 105 cm³/mol. The highest BCUT2D eigenvalue weighted by Crippen LogP contribution is 2.42. The highest BCUT2D eigenvalue weighted by molar-refractivity contribution is 7.80. The number of hydrogen-bond acceptors (Lipinski definition) is 5. The molecule has 0 spiro atoms. The molecule has 3 rings (SSSR count). The van der Waals surface area contributed by atoms with Crippen molar-refractivity contribution in [1.29, 1.82) is 5.26 Å². The summed E-state index contributed by atoms with van der Waals surface area (Å²) >= 11 is 4.89. The highest BCUT2D eigenvalue weighted by atomic mass is 32.1. The van der Waals surface area contributed by atoms with Crippen molar-refractivity contribution in [3.8, 4) is 6.07 Å². The van der Waals surface area contributed by atoms with Gasteiger partial charge in [-0.15, -0.1) is 0 Å². The fourth-order valence-corrected chi connectivity index (χ4v) is 4.60. The monoisotopic (exact) mass is 373 g/mol. The number of nitriles is 1. The van der Waals surface area contributed by atoms with E-state index in [9.17, 15) is 4.79 Å². The van der Waals surface area contributed by atoms with Gasteiger partial charge < -0.3 is 15.0 Å². The Morgan fingerprint density at radius 1 is 1.27 bits per heavy atom. The van der Waals surface area contributed by atoms with E-state index in [1.165, 1.54) is 5.69 Å². The summed E-state index contributed by atoms with van der Waals surface area (Å²) in [6.07, 6.45) is 4.09. The lowest BCUT2D eigenvalue weighted by molar-refractivity contribution is -0.127. The number of nitrogens with one attached hydrogen (secondary N) is 1. The number of carbonyl (C=O) groups is 1. The molecule has 0 bridgehead atoms. The van der Waals surface area contributed by atoms with Gasteiger partial charge in [0.05, 0.1) is 19.3 Å². The molecule has 140 valence electrons. The van der Waals surface area contributed by atoms with E-state index in [1.807, 2.05) is 6.07 Å². The van der Waals surface area contributed by atoms with Crippen LogP contribution in [0, 0.1) is 23.2 Å². The zero-order valence-electron chi connectivity index (χ0n) is 15.1. The van der Waals surface area contributed by atoms with Crippen LogP contribution in [0.3, 0.4) is 0 Å². The number of nitrogens with zero attached hydrogens (tertiary/aromatic N) is 2. The molecule has 3 atom stereocenters. The zero-order valence-corrected chi connectivity index (χ0v) is 16.0. The fourth-order valence-electron chi connectivity index (χ4n) is 4.07. The van der Waals surface area contributed by atoms with Crippen molar-refractivity contribution in [3.63, 3.8) is 0 Å². The summed E-state index contributed by atoms with van der Waals surface area (Å²) in [7, 11) is 0. The third-order valence-electron chi connectivity index (χ3n) is 5.51. The van der Waals surface area contributed by atoms with Crippen LogP contribution in [0.1, 0.15) is 36.5 Å². The highest BCUT2D eigenvalue weighted by Gasteiger charge is 2.35. The molecular formula is C20H27N3O2S. The van der Waals surface area contributed by atoms with Gasteiger partial charge in [0.2, 0.25) is 5.91 Å². The Morgan fingerprint density at radius 3 is 2.65 bits per heavy atom. The summed E-state index contributed by atoms with van der Waals surface area (Å²) in [5.41, 5.74) is 2.37. The second-order valence-corrected chi connectivity index (χ2v) is 7.62. The number of amides is 1. The van der Waals surface area contributed by atoms with Gasteiger partial charge in [-0.1, -0.05) is 25.0 Å². The maximum Gasteiger partial charge on any atom is 0.224 e. The van der Waals surface area contributed by atoms with Gasteiger partial charge >= 0.3 is 0 Å². The molecule has 2 aliphatic rings. The third kappa shape index (κ3) is 4.52. The number of thiol groups is 1. The molecule has 0 radical (unpaired) electrons. The van der Waals surface area contributed by atoms with E-state index in [0.29, 0.717) is 0 Å². The molecule has 1 heterocycles. The lowest BCUT2D eigenvalue weighted by atomic mass is 9.75. The standard InChI is InChI=1S/C20H27N3O2S/c21-9-10-22-20(24)18-4-2-1-3-17(18)19(26)15-5-7-16(8-6-15)23-11-13-25-14-12-23/h5-8,17-19,26H,1-4,10-14H2,(H,22,24)/t17-,18-,19?/m0/s1. The lowest BCUT2D eigenvalue weighted by Crippen LogP contribution is -2.38. The summed E-state index contributed by atoms with van der Waals surface area (Å²) in [5.74, 6) is 0.152. The van der Waals surface area contributed by atoms with Gasteiger partial charge in [0.1, 0.15) is 6.54 Å². The van der Waals surface area contributed by atoms with Crippen LogP contribution in [0.5, 0.6) is 0 Å². The van der Waals surface area contributed by atoms with Gasteiger partial charge in [-0.05, 0) is 36.5 Å². The van der Waals surface area contributed by atoms with Crippen LogP contribution in [0.25, 0.3) is 0 Å². The minimum atomic E-state index is -0.0569. The maximum absolute atomic E-state index is 12.4. The summed E-state index contributed by atoms with van der Waals surface area (Å²) in [6.45, 7) is 3.48. The summed E-state index contributed by atoms with van der Waals surface area (Å²) < 4.78 is 5.41. The van der Waals surface area contributed by atoms with Crippen molar-refractivity contribution in [1.82, 2.24) is 5.32 Å². The first kappa shape index (κ1) is 19.1. The molecule has 26 heavy (non-hydrogen) atoms. The number of ether oxygens (including phenoxy) is 1. The van der Waals surface area contributed by atoms with Gasteiger partial charge in [0.15, 0.2) is 0 Å². The van der Waals surface area contributed by atoms with Crippen LogP contribution in [0.15, 0.2) is 24.3 Å².